The summed E-state index contributed by atoms with van der Waals surface area (Å²) >= 11 is 0. The molecule has 226 valence electrons. The van der Waals surface area contributed by atoms with Crippen LogP contribution in [0.1, 0.15) is 101 Å². The molecule has 0 aromatic rings. The molecular formula is C40H54O2. The van der Waals surface area contributed by atoms with E-state index in [1.807, 2.05) is 19.1 Å². The van der Waals surface area contributed by atoms with Crippen molar-refractivity contribution in [2.24, 2.45) is 16.7 Å². The van der Waals surface area contributed by atoms with Gasteiger partial charge >= 0.3 is 0 Å². The number of aliphatic hydroxyl groups is 2. The maximum absolute atomic E-state index is 10.1. The number of hydrogen-bond acceptors (Lipinski definition) is 2. The van der Waals surface area contributed by atoms with Crippen molar-refractivity contribution in [2.75, 3.05) is 0 Å². The van der Waals surface area contributed by atoms with E-state index in [0.717, 1.165) is 37.7 Å². The fourth-order valence-corrected chi connectivity index (χ4v) is 5.93. The Morgan fingerprint density at radius 1 is 0.786 bits per heavy atom. The minimum atomic E-state index is -0.260. The van der Waals surface area contributed by atoms with Crippen LogP contribution in [0.2, 0.25) is 0 Å². The van der Waals surface area contributed by atoms with E-state index in [2.05, 4.69) is 129 Å². The summed E-state index contributed by atoms with van der Waals surface area (Å²) in [5.74, 6) is 13.8. The van der Waals surface area contributed by atoms with Crippen LogP contribution in [0.4, 0.5) is 0 Å². The van der Waals surface area contributed by atoms with Gasteiger partial charge in [0.05, 0.1) is 12.2 Å². The van der Waals surface area contributed by atoms with Crippen LogP contribution >= 0.6 is 0 Å². The standard InChI is InChI=1S/C40H54O2/c1-29(17-13-19-31(3)21-23-37-33(5)25-35(41)27-39(37,7)8)15-11-12-16-30(2)18-14-20-32(4)22-24-38-34(6)26-36(42)28-40(38,9)10/h11-19,32,35-36,41-42H,20,25-28H2,1-10H3/b12-11+,17-13+,18-14+,29-15+,30-16+,31-19+/t32?,35-,36-/m1/s1. The van der Waals surface area contributed by atoms with E-state index in [-0.39, 0.29) is 29.0 Å². The molecule has 0 saturated carbocycles. The second-order valence-corrected chi connectivity index (χ2v) is 13.7. The average Bonchev–Trinajstić information content (AvgIpc) is 2.84. The van der Waals surface area contributed by atoms with Gasteiger partial charge in [0.2, 0.25) is 0 Å². The number of rotatable bonds is 7. The van der Waals surface area contributed by atoms with E-state index >= 15 is 0 Å². The Morgan fingerprint density at radius 2 is 1.29 bits per heavy atom. The molecule has 0 heterocycles. The van der Waals surface area contributed by atoms with Crippen LogP contribution in [0.15, 0.2) is 93.7 Å². The SMILES string of the molecule is CC1=C(C#C/C(C)=C/C=C/C(C)=C/C=C/C=C(C)/C=C/CC(C)C#CC2=C(C)C[C@@H](O)CC2(C)C)C(C)(C)C[C@H](O)C1. The lowest BCUT2D eigenvalue weighted by Gasteiger charge is -2.34. The van der Waals surface area contributed by atoms with E-state index in [1.54, 1.807) is 0 Å². The molecule has 0 bridgehead atoms. The van der Waals surface area contributed by atoms with Crippen LogP contribution in [0.3, 0.4) is 0 Å². The van der Waals surface area contributed by atoms with Crippen LogP contribution < -0.4 is 0 Å². The first-order valence-corrected chi connectivity index (χ1v) is 15.4. The van der Waals surface area contributed by atoms with Crippen LogP contribution in [-0.4, -0.2) is 22.4 Å². The Bertz CT molecular complexity index is 1340. The third kappa shape index (κ3) is 11.7. The topological polar surface area (TPSA) is 40.5 Å². The Balaban J connectivity index is 1.88. The van der Waals surface area contributed by atoms with Gasteiger partial charge in [-0.2, -0.15) is 0 Å². The number of allylic oxidation sites excluding steroid dienone is 14. The molecule has 3 atom stereocenters. The van der Waals surface area contributed by atoms with Crippen molar-refractivity contribution in [3.05, 3.63) is 93.7 Å². The van der Waals surface area contributed by atoms with Crippen LogP contribution in [-0.2, 0) is 0 Å². The molecule has 2 aliphatic rings. The fraction of sp³-hybridized carbons (Fsp3) is 0.500. The molecular weight excluding hydrogens is 512 g/mol. The highest BCUT2D eigenvalue weighted by Gasteiger charge is 2.33. The van der Waals surface area contributed by atoms with Gasteiger partial charge in [-0.1, -0.05) is 135 Å². The highest BCUT2D eigenvalue weighted by atomic mass is 16.3. The Labute approximate surface area is 257 Å². The summed E-state index contributed by atoms with van der Waals surface area (Å²) < 4.78 is 0. The molecule has 0 spiro atoms. The quantitative estimate of drug-likeness (QED) is 0.238. The summed E-state index contributed by atoms with van der Waals surface area (Å²) in [4.78, 5) is 0. The van der Waals surface area contributed by atoms with Crippen molar-refractivity contribution in [3.8, 4) is 23.7 Å². The van der Waals surface area contributed by atoms with Gasteiger partial charge in [0, 0.05) is 27.9 Å². The zero-order chi connectivity index (χ0) is 31.5. The second-order valence-electron chi connectivity index (χ2n) is 13.7. The van der Waals surface area contributed by atoms with E-state index in [0.29, 0.717) is 0 Å². The number of hydrogen-bond donors (Lipinski definition) is 2. The molecule has 0 fully saturated rings. The maximum atomic E-state index is 10.1. The monoisotopic (exact) mass is 566 g/mol. The second kappa shape index (κ2) is 16.0. The lowest BCUT2D eigenvalue weighted by molar-refractivity contribution is 0.116. The molecule has 0 saturated heterocycles. The molecule has 0 radical (unpaired) electrons. The maximum Gasteiger partial charge on any atom is 0.0586 e. The first kappa shape index (κ1) is 35.2. The van der Waals surface area contributed by atoms with Crippen molar-refractivity contribution in [3.63, 3.8) is 0 Å². The van der Waals surface area contributed by atoms with Gasteiger partial charge in [0.1, 0.15) is 0 Å². The molecule has 2 rings (SSSR count). The van der Waals surface area contributed by atoms with Gasteiger partial charge in [-0.25, -0.2) is 0 Å². The Morgan fingerprint density at radius 3 is 1.81 bits per heavy atom. The molecule has 0 aromatic heterocycles. The fourth-order valence-electron chi connectivity index (χ4n) is 5.93. The van der Waals surface area contributed by atoms with Gasteiger partial charge in [-0.15, -0.1) is 0 Å². The molecule has 2 heteroatoms. The third-order valence-electron chi connectivity index (χ3n) is 8.02. The smallest absolute Gasteiger partial charge is 0.0586 e. The predicted octanol–water partition coefficient (Wildman–Crippen LogP) is 9.52. The summed E-state index contributed by atoms with van der Waals surface area (Å²) in [7, 11) is 0. The van der Waals surface area contributed by atoms with Gasteiger partial charge in [0.15, 0.2) is 0 Å². The molecule has 42 heavy (non-hydrogen) atoms. The highest BCUT2D eigenvalue weighted by molar-refractivity contribution is 5.45. The molecule has 2 nitrogen and oxygen atoms in total. The zero-order valence-corrected chi connectivity index (χ0v) is 27.9. The Hall–Kier alpha value is -3.04. The Kier molecular flexibility index (Phi) is 13.4. The third-order valence-corrected chi connectivity index (χ3v) is 8.02. The summed E-state index contributed by atoms with van der Waals surface area (Å²) in [5.41, 5.74) is 8.05. The molecule has 1 unspecified atom stereocenters. The molecule has 0 aliphatic heterocycles. The van der Waals surface area contributed by atoms with Crippen LogP contribution in [0.5, 0.6) is 0 Å². The highest BCUT2D eigenvalue weighted by Crippen LogP contribution is 2.40. The van der Waals surface area contributed by atoms with E-state index < -0.39 is 0 Å². The van der Waals surface area contributed by atoms with Gasteiger partial charge < -0.3 is 10.2 Å². The van der Waals surface area contributed by atoms with Crippen molar-refractivity contribution >= 4 is 0 Å². The van der Waals surface area contributed by atoms with Gasteiger partial charge in [-0.3, -0.25) is 0 Å². The summed E-state index contributed by atoms with van der Waals surface area (Å²) in [5, 5.41) is 20.2. The summed E-state index contributed by atoms with van der Waals surface area (Å²) in [6.07, 6.45) is 22.3. The van der Waals surface area contributed by atoms with Crippen molar-refractivity contribution in [1.29, 1.82) is 0 Å². The van der Waals surface area contributed by atoms with Gasteiger partial charge in [0.25, 0.3) is 0 Å². The van der Waals surface area contributed by atoms with Crippen LogP contribution in [0.25, 0.3) is 0 Å². The number of aliphatic hydroxyl groups excluding tert-OH is 2. The van der Waals surface area contributed by atoms with Crippen LogP contribution in [0, 0.1) is 40.4 Å². The van der Waals surface area contributed by atoms with Gasteiger partial charge in [-0.05, 0) is 72.3 Å². The normalized spacial score (nSPS) is 24.2. The van der Waals surface area contributed by atoms with E-state index in [4.69, 9.17) is 0 Å². The molecule has 2 N–H and O–H groups in total. The summed E-state index contributed by atoms with van der Waals surface area (Å²) in [6.45, 7) is 21.3. The first-order chi connectivity index (χ1) is 19.6. The van der Waals surface area contributed by atoms with E-state index in [1.165, 1.54) is 33.4 Å². The van der Waals surface area contributed by atoms with Crippen molar-refractivity contribution in [1.82, 2.24) is 0 Å². The average molecular weight is 567 g/mol. The van der Waals surface area contributed by atoms with E-state index in [9.17, 15) is 10.2 Å². The zero-order valence-electron chi connectivity index (χ0n) is 27.9. The van der Waals surface area contributed by atoms with Crippen molar-refractivity contribution in [2.45, 2.75) is 114 Å². The molecule has 2 aliphatic carbocycles. The molecule has 0 amide bonds. The molecule has 0 aromatic carbocycles. The predicted molar refractivity (Wildman–Crippen MR) is 181 cm³/mol. The van der Waals surface area contributed by atoms with Crippen molar-refractivity contribution < 1.29 is 10.2 Å². The lowest BCUT2D eigenvalue weighted by atomic mass is 9.72. The first-order valence-electron chi connectivity index (χ1n) is 15.4. The minimum Gasteiger partial charge on any atom is -0.393 e. The lowest BCUT2D eigenvalue weighted by Crippen LogP contribution is -2.28. The summed E-state index contributed by atoms with van der Waals surface area (Å²) in [6, 6.07) is 0. The minimum absolute atomic E-state index is 0.0568. The largest absolute Gasteiger partial charge is 0.393 e.